The van der Waals surface area contributed by atoms with Gasteiger partial charge in [0.2, 0.25) is 0 Å². The highest BCUT2D eigenvalue weighted by atomic mass is 79.9. The first kappa shape index (κ1) is 14.6. The van der Waals surface area contributed by atoms with Crippen molar-refractivity contribution in [3.8, 4) is 5.75 Å². The van der Waals surface area contributed by atoms with Crippen LogP contribution in [0.25, 0.3) is 0 Å². The summed E-state index contributed by atoms with van der Waals surface area (Å²) in [6.45, 7) is 0. The van der Waals surface area contributed by atoms with E-state index in [1.807, 2.05) is 47.4 Å². The van der Waals surface area contributed by atoms with Crippen LogP contribution in [-0.4, -0.2) is 24.0 Å². The molecule has 2 aromatic rings. The first-order valence-electron chi connectivity index (χ1n) is 7.70. The lowest BCUT2D eigenvalue weighted by Gasteiger charge is -2.39. The SMILES string of the molecule is COc1ccc(Br)cc1[C@@H]1Nc2ccccc2C(=O)N1C1CC1. The van der Waals surface area contributed by atoms with Crippen LogP contribution >= 0.6 is 15.9 Å². The number of halogens is 1. The smallest absolute Gasteiger partial charge is 0.258 e. The van der Waals surface area contributed by atoms with Gasteiger partial charge in [0.25, 0.3) is 5.91 Å². The molecule has 1 atom stereocenters. The topological polar surface area (TPSA) is 41.6 Å². The molecular formula is C18H17BrN2O2. The predicted octanol–water partition coefficient (Wildman–Crippen LogP) is 4.19. The number of anilines is 1. The second-order valence-electron chi connectivity index (χ2n) is 5.92. The minimum atomic E-state index is -0.211. The summed E-state index contributed by atoms with van der Waals surface area (Å²) in [6.07, 6.45) is 1.91. The van der Waals surface area contributed by atoms with Gasteiger partial charge in [-0.1, -0.05) is 28.1 Å². The average Bonchev–Trinajstić information content (AvgIpc) is 3.39. The molecule has 1 aliphatic carbocycles. The van der Waals surface area contributed by atoms with Crippen molar-refractivity contribution >= 4 is 27.5 Å². The molecule has 2 aliphatic rings. The summed E-state index contributed by atoms with van der Waals surface area (Å²) in [4.78, 5) is 15.0. The summed E-state index contributed by atoms with van der Waals surface area (Å²) < 4.78 is 6.50. The van der Waals surface area contributed by atoms with Crippen molar-refractivity contribution in [3.05, 3.63) is 58.1 Å². The fourth-order valence-electron chi connectivity index (χ4n) is 3.14. The standard InChI is InChI=1S/C18H17BrN2O2/c1-23-16-9-6-11(19)10-14(16)17-20-15-5-3-2-4-13(15)18(22)21(17)12-7-8-12/h2-6,9-10,12,17,20H,7-8H2,1H3/t17-/m1/s1. The van der Waals surface area contributed by atoms with Gasteiger partial charge in [0.05, 0.1) is 12.7 Å². The lowest BCUT2D eigenvalue weighted by molar-refractivity contribution is 0.0664. The molecule has 23 heavy (non-hydrogen) atoms. The third kappa shape index (κ3) is 2.49. The van der Waals surface area contributed by atoms with Gasteiger partial charge in [-0.2, -0.15) is 0 Å². The number of ether oxygens (including phenoxy) is 1. The van der Waals surface area contributed by atoms with E-state index in [0.29, 0.717) is 6.04 Å². The molecule has 1 N–H and O–H groups in total. The molecule has 0 saturated heterocycles. The van der Waals surface area contributed by atoms with E-state index in [9.17, 15) is 4.79 Å². The number of carbonyl (C=O) groups excluding carboxylic acids is 1. The summed E-state index contributed by atoms with van der Waals surface area (Å²) in [5, 5.41) is 3.52. The van der Waals surface area contributed by atoms with Gasteiger partial charge in [0.1, 0.15) is 11.9 Å². The summed E-state index contributed by atoms with van der Waals surface area (Å²) >= 11 is 3.52. The molecule has 0 bridgehead atoms. The molecule has 1 fully saturated rings. The highest BCUT2D eigenvalue weighted by Gasteiger charge is 2.42. The van der Waals surface area contributed by atoms with Gasteiger partial charge in [0.15, 0.2) is 0 Å². The summed E-state index contributed by atoms with van der Waals surface area (Å²) in [5.74, 6) is 0.873. The lowest BCUT2D eigenvalue weighted by atomic mass is 10.0. The summed E-state index contributed by atoms with van der Waals surface area (Å²) in [6, 6.07) is 13.9. The van der Waals surface area contributed by atoms with Crippen LogP contribution in [0.5, 0.6) is 5.75 Å². The molecule has 0 spiro atoms. The number of amides is 1. The van der Waals surface area contributed by atoms with E-state index >= 15 is 0 Å². The molecule has 0 unspecified atom stereocenters. The van der Waals surface area contributed by atoms with Crippen molar-refractivity contribution in [3.63, 3.8) is 0 Å². The quantitative estimate of drug-likeness (QED) is 0.878. The van der Waals surface area contributed by atoms with Gasteiger partial charge in [-0.3, -0.25) is 4.79 Å². The van der Waals surface area contributed by atoms with Crippen molar-refractivity contribution in [1.82, 2.24) is 4.90 Å². The number of carbonyl (C=O) groups is 1. The molecule has 1 heterocycles. The van der Waals surface area contributed by atoms with Crippen LogP contribution in [0.1, 0.15) is 34.9 Å². The number of methoxy groups -OCH3 is 1. The second-order valence-corrected chi connectivity index (χ2v) is 6.84. The summed E-state index contributed by atoms with van der Waals surface area (Å²) in [7, 11) is 1.66. The van der Waals surface area contributed by atoms with Crippen molar-refractivity contribution in [2.24, 2.45) is 0 Å². The Morgan fingerprint density at radius 1 is 1.22 bits per heavy atom. The van der Waals surface area contributed by atoms with Crippen LogP contribution in [0, 0.1) is 0 Å². The second kappa shape index (κ2) is 5.57. The van der Waals surface area contributed by atoms with E-state index in [2.05, 4.69) is 21.2 Å². The Hall–Kier alpha value is -2.01. The van der Waals surface area contributed by atoms with Crippen molar-refractivity contribution in [1.29, 1.82) is 0 Å². The maximum atomic E-state index is 13.0. The number of hydrogen-bond acceptors (Lipinski definition) is 3. The molecule has 1 amide bonds. The fourth-order valence-corrected chi connectivity index (χ4v) is 3.52. The van der Waals surface area contributed by atoms with E-state index in [1.54, 1.807) is 7.11 Å². The van der Waals surface area contributed by atoms with Gasteiger partial charge in [-0.05, 0) is 43.2 Å². The van der Waals surface area contributed by atoms with E-state index in [0.717, 1.165) is 39.9 Å². The number of rotatable bonds is 3. The lowest BCUT2D eigenvalue weighted by Crippen LogP contribution is -2.44. The Morgan fingerprint density at radius 2 is 2.00 bits per heavy atom. The van der Waals surface area contributed by atoms with E-state index in [1.165, 1.54) is 0 Å². The van der Waals surface area contributed by atoms with E-state index in [4.69, 9.17) is 4.74 Å². The zero-order valence-corrected chi connectivity index (χ0v) is 14.3. The monoisotopic (exact) mass is 372 g/mol. The normalized spacial score (nSPS) is 20.0. The fraction of sp³-hybridized carbons (Fsp3) is 0.278. The molecule has 4 rings (SSSR count). The Labute approximate surface area is 143 Å². The first-order valence-corrected chi connectivity index (χ1v) is 8.50. The van der Waals surface area contributed by atoms with Crippen molar-refractivity contribution in [2.75, 3.05) is 12.4 Å². The average molecular weight is 373 g/mol. The van der Waals surface area contributed by atoms with E-state index < -0.39 is 0 Å². The summed E-state index contributed by atoms with van der Waals surface area (Å²) in [5.41, 5.74) is 2.59. The molecule has 1 aliphatic heterocycles. The van der Waals surface area contributed by atoms with Crippen LogP contribution < -0.4 is 10.1 Å². The zero-order valence-electron chi connectivity index (χ0n) is 12.8. The molecule has 0 radical (unpaired) electrons. The van der Waals surface area contributed by atoms with Gasteiger partial charge in [0, 0.05) is 21.8 Å². The molecule has 0 aromatic heterocycles. The van der Waals surface area contributed by atoms with Gasteiger partial charge in [-0.25, -0.2) is 0 Å². The van der Waals surface area contributed by atoms with Crippen LogP contribution in [0.3, 0.4) is 0 Å². The Balaban J connectivity index is 1.84. The van der Waals surface area contributed by atoms with Crippen molar-refractivity contribution in [2.45, 2.75) is 25.0 Å². The maximum Gasteiger partial charge on any atom is 0.258 e. The third-order valence-electron chi connectivity index (χ3n) is 4.39. The molecule has 1 saturated carbocycles. The maximum absolute atomic E-state index is 13.0. The number of benzene rings is 2. The number of hydrogen-bond donors (Lipinski definition) is 1. The zero-order chi connectivity index (χ0) is 16.0. The Bertz CT molecular complexity index is 773. The first-order chi connectivity index (χ1) is 11.2. The van der Waals surface area contributed by atoms with Gasteiger partial charge in [-0.15, -0.1) is 0 Å². The largest absolute Gasteiger partial charge is 0.496 e. The van der Waals surface area contributed by atoms with Gasteiger partial charge >= 0.3 is 0 Å². The molecule has 4 nitrogen and oxygen atoms in total. The van der Waals surface area contributed by atoms with Crippen LogP contribution in [0.2, 0.25) is 0 Å². The molecule has 2 aromatic carbocycles. The van der Waals surface area contributed by atoms with Crippen molar-refractivity contribution < 1.29 is 9.53 Å². The highest BCUT2D eigenvalue weighted by Crippen LogP contribution is 2.43. The van der Waals surface area contributed by atoms with Crippen LogP contribution in [0.15, 0.2) is 46.9 Å². The third-order valence-corrected chi connectivity index (χ3v) is 4.88. The van der Waals surface area contributed by atoms with Crippen LogP contribution in [0.4, 0.5) is 5.69 Å². The number of nitrogens with zero attached hydrogens (tertiary/aromatic N) is 1. The minimum Gasteiger partial charge on any atom is -0.496 e. The van der Waals surface area contributed by atoms with Gasteiger partial charge < -0.3 is 15.0 Å². The predicted molar refractivity (Wildman–Crippen MR) is 92.7 cm³/mol. The number of fused-ring (bicyclic) bond motifs is 1. The van der Waals surface area contributed by atoms with Crippen LogP contribution in [-0.2, 0) is 0 Å². The molecule has 5 heteroatoms. The molecular weight excluding hydrogens is 356 g/mol. The Morgan fingerprint density at radius 3 is 2.74 bits per heavy atom. The molecule has 118 valence electrons. The highest BCUT2D eigenvalue weighted by molar-refractivity contribution is 9.10. The van der Waals surface area contributed by atoms with E-state index in [-0.39, 0.29) is 12.1 Å². The minimum absolute atomic E-state index is 0.0916. The number of nitrogens with one attached hydrogen (secondary N) is 1. The number of para-hydroxylation sites is 1. The Kier molecular flexibility index (Phi) is 3.53.